The zero-order chi connectivity index (χ0) is 13.9. The van der Waals surface area contributed by atoms with Gasteiger partial charge in [-0.15, -0.1) is 0 Å². The summed E-state index contributed by atoms with van der Waals surface area (Å²) in [6, 6.07) is 9.47. The number of hydrogen-bond acceptors (Lipinski definition) is 4. The summed E-state index contributed by atoms with van der Waals surface area (Å²) < 4.78 is 5.64. The first kappa shape index (κ1) is 12.3. The van der Waals surface area contributed by atoms with Crippen LogP contribution in [-0.4, -0.2) is 34.8 Å². The first-order chi connectivity index (χ1) is 9.75. The maximum absolute atomic E-state index is 11.4. The second-order valence-corrected chi connectivity index (χ2v) is 4.34. The van der Waals surface area contributed by atoms with E-state index in [-0.39, 0.29) is 25.0 Å². The summed E-state index contributed by atoms with van der Waals surface area (Å²) in [6.07, 6.45) is 4.23. The Bertz CT molecular complexity index is 686. The average molecular weight is 268 g/mol. The molecule has 20 heavy (non-hydrogen) atoms. The first-order valence-electron chi connectivity index (χ1n) is 6.26. The number of aromatic nitrogens is 1. The van der Waals surface area contributed by atoms with E-state index in [4.69, 9.17) is 4.74 Å². The van der Waals surface area contributed by atoms with Crippen molar-refractivity contribution < 1.29 is 14.3 Å². The predicted octanol–water partition coefficient (Wildman–Crippen LogP) is 1.54. The quantitative estimate of drug-likeness (QED) is 0.789. The van der Waals surface area contributed by atoms with Crippen LogP contribution >= 0.6 is 0 Å². The molecule has 5 nitrogen and oxygen atoms in total. The molecule has 0 fully saturated rings. The molecule has 0 bridgehead atoms. The Morgan fingerprint density at radius 3 is 2.60 bits per heavy atom. The Balaban J connectivity index is 1.69. The van der Waals surface area contributed by atoms with E-state index in [0.29, 0.717) is 5.75 Å². The third-order valence-electron chi connectivity index (χ3n) is 3.07. The fourth-order valence-electron chi connectivity index (χ4n) is 2.09. The smallest absolute Gasteiger partial charge is 0.253 e. The summed E-state index contributed by atoms with van der Waals surface area (Å²) in [4.78, 5) is 28.2. The molecule has 0 aliphatic carbocycles. The standard InChI is InChI=1S/C15H12N2O3/c18-13-6-7-14(19)17(13)9-10-20-12-5-1-3-11-4-2-8-16-15(11)12/h1-8H,9-10H2. The second kappa shape index (κ2) is 5.13. The number of fused-ring (bicyclic) bond motifs is 1. The fraction of sp³-hybridized carbons (Fsp3) is 0.133. The van der Waals surface area contributed by atoms with Crippen molar-refractivity contribution in [2.24, 2.45) is 0 Å². The molecule has 1 aliphatic rings. The third-order valence-corrected chi connectivity index (χ3v) is 3.07. The van der Waals surface area contributed by atoms with Gasteiger partial charge in [-0.05, 0) is 12.1 Å². The van der Waals surface area contributed by atoms with Gasteiger partial charge in [0.15, 0.2) is 0 Å². The minimum atomic E-state index is -0.297. The van der Waals surface area contributed by atoms with Gasteiger partial charge in [0.25, 0.3) is 11.8 Å². The largest absolute Gasteiger partial charge is 0.489 e. The van der Waals surface area contributed by atoms with Gasteiger partial charge in [0, 0.05) is 23.7 Å². The summed E-state index contributed by atoms with van der Waals surface area (Å²) in [5.41, 5.74) is 0.771. The average Bonchev–Trinajstić information content (AvgIpc) is 2.79. The summed E-state index contributed by atoms with van der Waals surface area (Å²) in [7, 11) is 0. The molecular formula is C15H12N2O3. The first-order valence-corrected chi connectivity index (χ1v) is 6.26. The Morgan fingerprint density at radius 2 is 1.80 bits per heavy atom. The lowest BCUT2D eigenvalue weighted by Gasteiger charge is -2.14. The molecule has 1 aliphatic heterocycles. The van der Waals surface area contributed by atoms with Crippen LogP contribution in [0, 0.1) is 0 Å². The molecule has 5 heteroatoms. The van der Waals surface area contributed by atoms with Crippen LogP contribution in [0.25, 0.3) is 10.9 Å². The van der Waals surface area contributed by atoms with Crippen LogP contribution in [0.2, 0.25) is 0 Å². The van der Waals surface area contributed by atoms with Gasteiger partial charge in [-0.1, -0.05) is 18.2 Å². The van der Waals surface area contributed by atoms with Gasteiger partial charge < -0.3 is 4.74 Å². The molecular weight excluding hydrogens is 256 g/mol. The summed E-state index contributed by atoms with van der Waals surface area (Å²) >= 11 is 0. The van der Waals surface area contributed by atoms with Crippen molar-refractivity contribution in [2.75, 3.05) is 13.2 Å². The second-order valence-electron chi connectivity index (χ2n) is 4.34. The van der Waals surface area contributed by atoms with E-state index < -0.39 is 0 Å². The van der Waals surface area contributed by atoms with Crippen molar-refractivity contribution in [2.45, 2.75) is 0 Å². The highest BCUT2D eigenvalue weighted by molar-refractivity contribution is 6.12. The van der Waals surface area contributed by atoms with Crippen LogP contribution in [0.3, 0.4) is 0 Å². The van der Waals surface area contributed by atoms with E-state index in [2.05, 4.69) is 4.98 Å². The van der Waals surface area contributed by atoms with E-state index in [1.54, 1.807) is 6.20 Å². The number of amides is 2. The molecule has 0 spiro atoms. The van der Waals surface area contributed by atoms with Crippen molar-refractivity contribution >= 4 is 22.7 Å². The maximum Gasteiger partial charge on any atom is 0.253 e. The van der Waals surface area contributed by atoms with Crippen LogP contribution < -0.4 is 4.74 Å². The molecule has 1 aromatic carbocycles. The number of carbonyl (C=O) groups excluding carboxylic acids is 2. The monoisotopic (exact) mass is 268 g/mol. The Labute approximate surface area is 115 Å². The molecule has 100 valence electrons. The van der Waals surface area contributed by atoms with Crippen molar-refractivity contribution in [1.29, 1.82) is 0 Å². The van der Waals surface area contributed by atoms with Crippen molar-refractivity contribution in [3.63, 3.8) is 0 Å². The van der Waals surface area contributed by atoms with Gasteiger partial charge >= 0.3 is 0 Å². The molecule has 0 radical (unpaired) electrons. The van der Waals surface area contributed by atoms with Crippen LogP contribution in [-0.2, 0) is 9.59 Å². The molecule has 0 N–H and O–H groups in total. The minimum absolute atomic E-state index is 0.230. The number of carbonyl (C=O) groups is 2. The highest BCUT2D eigenvalue weighted by Gasteiger charge is 2.22. The highest BCUT2D eigenvalue weighted by Crippen LogP contribution is 2.22. The molecule has 2 heterocycles. The van der Waals surface area contributed by atoms with Crippen LogP contribution in [0.4, 0.5) is 0 Å². The lowest BCUT2D eigenvalue weighted by Crippen LogP contribution is -2.33. The van der Waals surface area contributed by atoms with Crippen LogP contribution in [0.5, 0.6) is 5.75 Å². The number of para-hydroxylation sites is 1. The van der Waals surface area contributed by atoms with Gasteiger partial charge in [-0.25, -0.2) is 0 Å². The number of imide groups is 1. The number of rotatable bonds is 4. The third kappa shape index (κ3) is 2.25. The number of benzene rings is 1. The fourth-order valence-corrected chi connectivity index (χ4v) is 2.09. The molecule has 2 aromatic rings. The van der Waals surface area contributed by atoms with E-state index in [9.17, 15) is 9.59 Å². The van der Waals surface area contributed by atoms with Gasteiger partial charge in [-0.3, -0.25) is 19.5 Å². The topological polar surface area (TPSA) is 59.5 Å². The Kier molecular flexibility index (Phi) is 3.16. The molecule has 0 unspecified atom stereocenters. The van der Waals surface area contributed by atoms with E-state index in [0.717, 1.165) is 15.8 Å². The number of pyridine rings is 1. The zero-order valence-electron chi connectivity index (χ0n) is 10.7. The van der Waals surface area contributed by atoms with Crippen molar-refractivity contribution in [1.82, 2.24) is 9.88 Å². The highest BCUT2D eigenvalue weighted by atomic mass is 16.5. The van der Waals surface area contributed by atoms with Crippen molar-refractivity contribution in [3.8, 4) is 5.75 Å². The summed E-state index contributed by atoms with van der Waals surface area (Å²) in [6.45, 7) is 0.475. The summed E-state index contributed by atoms with van der Waals surface area (Å²) in [5.74, 6) is 0.0550. The van der Waals surface area contributed by atoms with Gasteiger partial charge in [-0.2, -0.15) is 0 Å². The van der Waals surface area contributed by atoms with E-state index in [1.807, 2.05) is 30.3 Å². The number of nitrogens with zero attached hydrogens (tertiary/aromatic N) is 2. The molecule has 2 amide bonds. The molecule has 0 saturated carbocycles. The molecule has 0 atom stereocenters. The lowest BCUT2D eigenvalue weighted by molar-refractivity contribution is -0.137. The van der Waals surface area contributed by atoms with Gasteiger partial charge in [0.05, 0.1) is 6.54 Å². The normalized spacial score (nSPS) is 14.3. The lowest BCUT2D eigenvalue weighted by atomic mass is 10.2. The number of hydrogen-bond donors (Lipinski definition) is 0. The Morgan fingerprint density at radius 1 is 1.05 bits per heavy atom. The maximum atomic E-state index is 11.4. The van der Waals surface area contributed by atoms with Gasteiger partial charge in [0.2, 0.25) is 0 Å². The number of ether oxygens (including phenoxy) is 1. The zero-order valence-corrected chi connectivity index (χ0v) is 10.7. The van der Waals surface area contributed by atoms with Crippen LogP contribution in [0.15, 0.2) is 48.7 Å². The van der Waals surface area contributed by atoms with Crippen molar-refractivity contribution in [3.05, 3.63) is 48.7 Å². The SMILES string of the molecule is O=C1C=CC(=O)N1CCOc1cccc2cccnc12. The van der Waals surface area contributed by atoms with Crippen LogP contribution in [0.1, 0.15) is 0 Å². The van der Waals surface area contributed by atoms with E-state index in [1.165, 1.54) is 12.2 Å². The Hall–Kier alpha value is -2.69. The molecule has 0 saturated heterocycles. The van der Waals surface area contributed by atoms with E-state index >= 15 is 0 Å². The minimum Gasteiger partial charge on any atom is -0.489 e. The predicted molar refractivity (Wildman–Crippen MR) is 73.1 cm³/mol. The molecule has 3 rings (SSSR count). The molecule has 1 aromatic heterocycles. The summed E-state index contributed by atoms with van der Waals surface area (Å²) in [5, 5.41) is 0.986. The van der Waals surface area contributed by atoms with Gasteiger partial charge in [0.1, 0.15) is 17.9 Å².